The van der Waals surface area contributed by atoms with Gasteiger partial charge in [-0.1, -0.05) is 34.8 Å². The van der Waals surface area contributed by atoms with E-state index in [2.05, 4.69) is 4.90 Å². The van der Waals surface area contributed by atoms with Crippen LogP contribution in [0.4, 0.5) is 5.69 Å². The van der Waals surface area contributed by atoms with E-state index in [0.717, 1.165) is 5.69 Å². The summed E-state index contributed by atoms with van der Waals surface area (Å²) in [5, 5.41) is 1.50. The van der Waals surface area contributed by atoms with Crippen LogP contribution in [0.2, 0.25) is 15.1 Å². The molecule has 0 aliphatic carbocycles. The fraction of sp³-hybridized carbons (Fsp3) is 0.417. The first kappa shape index (κ1) is 13.0. The van der Waals surface area contributed by atoms with Crippen molar-refractivity contribution in [2.24, 2.45) is 0 Å². The molecule has 2 rings (SSSR count). The maximum atomic E-state index is 11.3. The number of ketones is 1. The highest BCUT2D eigenvalue weighted by Crippen LogP contribution is 2.36. The Kier molecular flexibility index (Phi) is 3.86. The average Bonchev–Trinajstić information content (AvgIpc) is 2.24. The summed E-state index contributed by atoms with van der Waals surface area (Å²) < 4.78 is 0. The molecule has 1 atom stereocenters. The van der Waals surface area contributed by atoms with Crippen LogP contribution in [-0.4, -0.2) is 18.4 Å². The fourth-order valence-corrected chi connectivity index (χ4v) is 2.75. The van der Waals surface area contributed by atoms with E-state index in [9.17, 15) is 4.79 Å². The zero-order chi connectivity index (χ0) is 12.6. The van der Waals surface area contributed by atoms with Crippen LogP contribution < -0.4 is 4.90 Å². The minimum Gasteiger partial charge on any atom is -0.367 e. The predicted octanol–water partition coefficient (Wildman–Crippen LogP) is 4.20. The topological polar surface area (TPSA) is 20.3 Å². The van der Waals surface area contributed by atoms with E-state index in [0.29, 0.717) is 40.2 Å². The van der Waals surface area contributed by atoms with Crippen molar-refractivity contribution in [2.75, 3.05) is 11.4 Å². The van der Waals surface area contributed by atoms with Crippen LogP contribution in [-0.2, 0) is 4.79 Å². The molecule has 1 aliphatic heterocycles. The molecule has 0 N–H and O–H groups in total. The molecule has 0 saturated carbocycles. The maximum absolute atomic E-state index is 11.3. The van der Waals surface area contributed by atoms with E-state index in [1.807, 2.05) is 6.92 Å². The lowest BCUT2D eigenvalue weighted by Crippen LogP contribution is -2.41. The molecule has 1 saturated heterocycles. The van der Waals surface area contributed by atoms with Crippen LogP contribution in [0.3, 0.4) is 0 Å². The zero-order valence-corrected chi connectivity index (χ0v) is 11.6. The molecule has 1 unspecified atom stereocenters. The van der Waals surface area contributed by atoms with E-state index < -0.39 is 0 Å². The van der Waals surface area contributed by atoms with Crippen LogP contribution in [0.15, 0.2) is 12.1 Å². The number of hydrogen-bond donors (Lipinski definition) is 0. The van der Waals surface area contributed by atoms with E-state index in [1.54, 1.807) is 12.1 Å². The average molecular weight is 293 g/mol. The van der Waals surface area contributed by atoms with Crippen LogP contribution in [0.5, 0.6) is 0 Å². The number of anilines is 1. The molecular weight excluding hydrogens is 280 g/mol. The first-order valence-corrected chi connectivity index (χ1v) is 6.55. The first-order chi connectivity index (χ1) is 7.99. The SMILES string of the molecule is CC1CC(=O)CCN1c1cc(Cl)c(Cl)cc1Cl. The first-order valence-electron chi connectivity index (χ1n) is 5.42. The smallest absolute Gasteiger partial charge is 0.136 e. The molecule has 0 bridgehead atoms. The van der Waals surface area contributed by atoms with Crippen LogP contribution in [0.25, 0.3) is 0 Å². The van der Waals surface area contributed by atoms with Gasteiger partial charge in [-0.15, -0.1) is 0 Å². The highest BCUT2D eigenvalue weighted by Gasteiger charge is 2.25. The predicted molar refractivity (Wildman–Crippen MR) is 72.5 cm³/mol. The fourth-order valence-electron chi connectivity index (χ4n) is 2.10. The van der Waals surface area contributed by atoms with Crippen molar-refractivity contribution in [1.29, 1.82) is 0 Å². The quantitative estimate of drug-likeness (QED) is 0.723. The molecule has 0 radical (unpaired) electrons. The summed E-state index contributed by atoms with van der Waals surface area (Å²) in [4.78, 5) is 13.5. The van der Waals surface area contributed by atoms with E-state index in [-0.39, 0.29) is 6.04 Å². The van der Waals surface area contributed by atoms with Crippen molar-refractivity contribution in [3.63, 3.8) is 0 Å². The number of nitrogens with zero attached hydrogens (tertiary/aromatic N) is 1. The number of halogens is 3. The highest BCUT2D eigenvalue weighted by molar-refractivity contribution is 6.44. The molecule has 1 fully saturated rings. The number of carbonyl (C=O) groups is 1. The van der Waals surface area contributed by atoms with E-state index >= 15 is 0 Å². The number of benzene rings is 1. The second-order valence-corrected chi connectivity index (χ2v) is 5.47. The summed E-state index contributed by atoms with van der Waals surface area (Å²) in [5.74, 6) is 0.296. The van der Waals surface area contributed by atoms with Gasteiger partial charge in [0.2, 0.25) is 0 Å². The van der Waals surface area contributed by atoms with Gasteiger partial charge in [-0.3, -0.25) is 4.79 Å². The Morgan fingerprint density at radius 2 is 1.82 bits per heavy atom. The van der Waals surface area contributed by atoms with Gasteiger partial charge < -0.3 is 4.90 Å². The lowest BCUT2D eigenvalue weighted by atomic mass is 10.0. The summed E-state index contributed by atoms with van der Waals surface area (Å²) in [6.07, 6.45) is 1.11. The molecule has 2 nitrogen and oxygen atoms in total. The van der Waals surface area contributed by atoms with Gasteiger partial charge in [0.05, 0.1) is 20.8 Å². The molecule has 1 aromatic carbocycles. The standard InChI is InChI=1S/C12H12Cl3NO/c1-7-4-8(17)2-3-16(7)12-6-10(14)9(13)5-11(12)15/h5-7H,2-4H2,1H3. The highest BCUT2D eigenvalue weighted by atomic mass is 35.5. The van der Waals surface area contributed by atoms with Gasteiger partial charge in [0, 0.05) is 25.4 Å². The van der Waals surface area contributed by atoms with Crippen LogP contribution >= 0.6 is 34.8 Å². The molecule has 92 valence electrons. The molecule has 17 heavy (non-hydrogen) atoms. The zero-order valence-electron chi connectivity index (χ0n) is 9.34. The van der Waals surface area contributed by atoms with Crippen molar-refractivity contribution >= 4 is 46.3 Å². The Morgan fingerprint density at radius 3 is 2.47 bits per heavy atom. The second-order valence-electron chi connectivity index (χ2n) is 4.25. The summed E-state index contributed by atoms with van der Waals surface area (Å²) in [6.45, 7) is 2.69. The summed E-state index contributed by atoms with van der Waals surface area (Å²) in [7, 11) is 0. The van der Waals surface area contributed by atoms with Gasteiger partial charge >= 0.3 is 0 Å². The van der Waals surface area contributed by atoms with Crippen LogP contribution in [0.1, 0.15) is 19.8 Å². The van der Waals surface area contributed by atoms with Crippen molar-refractivity contribution in [2.45, 2.75) is 25.8 Å². The summed E-state index contributed by atoms with van der Waals surface area (Å²) >= 11 is 18.1. The van der Waals surface area contributed by atoms with Gasteiger partial charge in [0.1, 0.15) is 5.78 Å². The molecule has 0 spiro atoms. The molecule has 1 aromatic rings. The Labute approximate surface area is 115 Å². The van der Waals surface area contributed by atoms with E-state index in [1.165, 1.54) is 0 Å². The molecule has 1 heterocycles. The van der Waals surface area contributed by atoms with Gasteiger partial charge in [0.25, 0.3) is 0 Å². The summed E-state index contributed by atoms with van der Waals surface area (Å²) in [5.41, 5.74) is 0.848. The molecule has 0 amide bonds. The lowest BCUT2D eigenvalue weighted by Gasteiger charge is -2.35. The minimum atomic E-state index is 0.144. The van der Waals surface area contributed by atoms with Gasteiger partial charge in [-0.05, 0) is 19.1 Å². The van der Waals surface area contributed by atoms with Gasteiger partial charge in [-0.2, -0.15) is 0 Å². The maximum Gasteiger partial charge on any atom is 0.136 e. The van der Waals surface area contributed by atoms with Crippen LogP contribution in [0, 0.1) is 0 Å². The summed E-state index contributed by atoms with van der Waals surface area (Å²) in [6, 6.07) is 3.55. The molecule has 0 aromatic heterocycles. The number of rotatable bonds is 1. The molecular formula is C12H12Cl3NO. The van der Waals surface area contributed by atoms with Gasteiger partial charge in [0.15, 0.2) is 0 Å². The van der Waals surface area contributed by atoms with Crippen molar-refractivity contribution < 1.29 is 4.79 Å². The third kappa shape index (κ3) is 2.70. The Bertz CT molecular complexity index is 461. The molecule has 1 aliphatic rings. The van der Waals surface area contributed by atoms with E-state index in [4.69, 9.17) is 34.8 Å². The largest absolute Gasteiger partial charge is 0.367 e. The van der Waals surface area contributed by atoms with Gasteiger partial charge in [-0.25, -0.2) is 0 Å². The number of hydrogen-bond acceptors (Lipinski definition) is 2. The number of piperidine rings is 1. The minimum absolute atomic E-state index is 0.144. The Balaban J connectivity index is 2.34. The Morgan fingerprint density at radius 1 is 1.18 bits per heavy atom. The third-order valence-corrected chi connectivity index (χ3v) is 4.01. The molecule has 5 heteroatoms. The van der Waals surface area contributed by atoms with Crippen molar-refractivity contribution in [3.05, 3.63) is 27.2 Å². The number of carbonyl (C=O) groups excluding carboxylic acids is 1. The second kappa shape index (κ2) is 5.05. The third-order valence-electron chi connectivity index (χ3n) is 2.99. The Hall–Kier alpha value is -0.440. The number of Topliss-reactive ketones (excluding diaryl/α,β-unsaturated/α-hetero) is 1. The lowest BCUT2D eigenvalue weighted by molar-refractivity contribution is -0.120. The normalized spacial score (nSPS) is 20.8. The monoisotopic (exact) mass is 291 g/mol. The van der Waals surface area contributed by atoms with Crippen molar-refractivity contribution in [1.82, 2.24) is 0 Å². The van der Waals surface area contributed by atoms with Crippen molar-refractivity contribution in [3.8, 4) is 0 Å².